The quantitative estimate of drug-likeness (QED) is 0.288. The zero-order valence-electron chi connectivity index (χ0n) is 20.9. The van der Waals surface area contributed by atoms with E-state index in [2.05, 4.69) is 15.4 Å². The SMILES string of the molecule is COCCOc1nc(-c2ccc(OC)cc2)n(-c2ccc(NC(=O)c3ccc(C)c(C(F)(F)F)c3)cc2)n1. The van der Waals surface area contributed by atoms with Crippen LogP contribution >= 0.6 is 0 Å². The Morgan fingerprint density at radius 1 is 0.974 bits per heavy atom. The number of hydrogen-bond donors (Lipinski definition) is 1. The molecule has 198 valence electrons. The molecule has 1 amide bonds. The van der Waals surface area contributed by atoms with Gasteiger partial charge in [0.1, 0.15) is 12.4 Å². The Hall–Kier alpha value is -4.38. The van der Waals surface area contributed by atoms with Crippen molar-refractivity contribution in [1.82, 2.24) is 14.8 Å². The van der Waals surface area contributed by atoms with Crippen molar-refractivity contribution in [2.24, 2.45) is 0 Å². The second-order valence-electron chi connectivity index (χ2n) is 8.23. The maximum Gasteiger partial charge on any atom is 0.416 e. The number of ether oxygens (including phenoxy) is 3. The summed E-state index contributed by atoms with van der Waals surface area (Å²) >= 11 is 0. The van der Waals surface area contributed by atoms with Gasteiger partial charge in [0.15, 0.2) is 5.82 Å². The third kappa shape index (κ3) is 6.12. The fourth-order valence-corrected chi connectivity index (χ4v) is 3.64. The van der Waals surface area contributed by atoms with Gasteiger partial charge in [-0.05, 0) is 73.2 Å². The molecule has 1 N–H and O–H groups in total. The summed E-state index contributed by atoms with van der Waals surface area (Å²) in [5.41, 5.74) is 0.888. The normalized spacial score (nSPS) is 11.3. The third-order valence-electron chi connectivity index (χ3n) is 5.63. The minimum Gasteiger partial charge on any atom is -0.497 e. The van der Waals surface area contributed by atoms with Gasteiger partial charge in [-0.1, -0.05) is 6.07 Å². The Balaban J connectivity index is 1.58. The Labute approximate surface area is 217 Å². The molecule has 4 aromatic rings. The molecule has 3 aromatic carbocycles. The van der Waals surface area contributed by atoms with Crippen LogP contribution in [0.15, 0.2) is 66.7 Å². The van der Waals surface area contributed by atoms with E-state index in [4.69, 9.17) is 14.2 Å². The summed E-state index contributed by atoms with van der Waals surface area (Å²) < 4.78 is 57.1. The van der Waals surface area contributed by atoms with Crippen LogP contribution in [0, 0.1) is 6.92 Å². The summed E-state index contributed by atoms with van der Waals surface area (Å²) in [5.74, 6) is 0.542. The molecule has 0 fully saturated rings. The van der Waals surface area contributed by atoms with Crippen LogP contribution in [0.1, 0.15) is 21.5 Å². The molecule has 1 aromatic heterocycles. The van der Waals surface area contributed by atoms with E-state index >= 15 is 0 Å². The van der Waals surface area contributed by atoms with Crippen molar-refractivity contribution in [3.05, 3.63) is 83.4 Å². The molecule has 4 rings (SSSR count). The summed E-state index contributed by atoms with van der Waals surface area (Å²) in [5, 5.41) is 7.08. The van der Waals surface area contributed by atoms with E-state index in [1.54, 1.807) is 55.3 Å². The minimum atomic E-state index is -4.55. The molecular formula is C27H25F3N4O4. The van der Waals surface area contributed by atoms with Crippen molar-refractivity contribution >= 4 is 11.6 Å². The van der Waals surface area contributed by atoms with Crippen LogP contribution < -0.4 is 14.8 Å². The van der Waals surface area contributed by atoms with E-state index in [-0.39, 0.29) is 23.7 Å². The highest BCUT2D eigenvalue weighted by molar-refractivity contribution is 6.04. The first-order valence-corrected chi connectivity index (χ1v) is 11.5. The number of alkyl halides is 3. The number of benzene rings is 3. The lowest BCUT2D eigenvalue weighted by atomic mass is 10.0. The minimum absolute atomic E-state index is 0.0458. The molecule has 0 aliphatic carbocycles. The van der Waals surface area contributed by atoms with Crippen LogP contribution in [-0.4, -0.2) is 48.1 Å². The molecule has 0 aliphatic heterocycles. The van der Waals surface area contributed by atoms with Gasteiger partial charge in [0.05, 0.1) is 25.0 Å². The first-order chi connectivity index (χ1) is 18.2. The average molecular weight is 527 g/mol. The van der Waals surface area contributed by atoms with E-state index in [0.29, 0.717) is 29.6 Å². The standard InChI is InChI=1S/C27H25F3N4O4/c1-17-4-5-19(16-23(17)27(28,29)30)25(35)31-20-8-10-21(11-9-20)34-24(18-6-12-22(37-3)13-7-18)32-26(33-34)38-15-14-36-2/h4-13,16H,14-15H2,1-3H3,(H,31,35). The third-order valence-corrected chi connectivity index (χ3v) is 5.63. The van der Waals surface area contributed by atoms with Crippen molar-refractivity contribution in [1.29, 1.82) is 0 Å². The highest BCUT2D eigenvalue weighted by Crippen LogP contribution is 2.32. The monoisotopic (exact) mass is 526 g/mol. The van der Waals surface area contributed by atoms with Crippen molar-refractivity contribution < 1.29 is 32.2 Å². The zero-order chi connectivity index (χ0) is 27.3. The maximum absolute atomic E-state index is 13.2. The summed E-state index contributed by atoms with van der Waals surface area (Å²) in [4.78, 5) is 17.1. The molecule has 0 radical (unpaired) electrons. The molecular weight excluding hydrogens is 501 g/mol. The lowest BCUT2D eigenvalue weighted by Crippen LogP contribution is -2.15. The number of nitrogens with zero attached hydrogens (tertiary/aromatic N) is 3. The summed E-state index contributed by atoms with van der Waals surface area (Å²) in [6.45, 7) is 1.98. The number of hydrogen-bond acceptors (Lipinski definition) is 6. The summed E-state index contributed by atoms with van der Waals surface area (Å²) in [6.07, 6.45) is -4.55. The number of amides is 1. The van der Waals surface area contributed by atoms with Gasteiger partial charge in [-0.15, -0.1) is 5.10 Å². The lowest BCUT2D eigenvalue weighted by Gasteiger charge is -2.12. The fraction of sp³-hybridized carbons (Fsp3) is 0.222. The highest BCUT2D eigenvalue weighted by Gasteiger charge is 2.33. The first-order valence-electron chi connectivity index (χ1n) is 11.5. The largest absolute Gasteiger partial charge is 0.497 e. The molecule has 8 nitrogen and oxygen atoms in total. The van der Waals surface area contributed by atoms with Crippen molar-refractivity contribution in [3.63, 3.8) is 0 Å². The van der Waals surface area contributed by atoms with Gasteiger partial charge in [-0.2, -0.15) is 18.2 Å². The highest BCUT2D eigenvalue weighted by atomic mass is 19.4. The van der Waals surface area contributed by atoms with Crippen LogP contribution in [0.2, 0.25) is 0 Å². The molecule has 1 heterocycles. The number of methoxy groups -OCH3 is 2. The van der Waals surface area contributed by atoms with Gasteiger partial charge in [0.2, 0.25) is 0 Å². The number of aromatic nitrogens is 3. The van der Waals surface area contributed by atoms with Gasteiger partial charge in [-0.3, -0.25) is 4.79 Å². The van der Waals surface area contributed by atoms with Crippen molar-refractivity contribution in [3.8, 4) is 28.8 Å². The van der Waals surface area contributed by atoms with Crippen molar-refractivity contribution in [2.75, 3.05) is 32.8 Å². The second kappa shape index (κ2) is 11.3. The van der Waals surface area contributed by atoms with Crippen LogP contribution in [0.5, 0.6) is 11.8 Å². The molecule has 11 heteroatoms. The Bertz CT molecular complexity index is 1400. The molecule has 0 bridgehead atoms. The number of halogens is 3. The van der Waals surface area contributed by atoms with Gasteiger partial charge in [0.25, 0.3) is 5.91 Å². The number of rotatable bonds is 9. The maximum atomic E-state index is 13.2. The molecule has 38 heavy (non-hydrogen) atoms. The zero-order valence-corrected chi connectivity index (χ0v) is 20.9. The van der Waals surface area contributed by atoms with E-state index in [0.717, 1.165) is 11.6 Å². The van der Waals surface area contributed by atoms with E-state index in [9.17, 15) is 18.0 Å². The van der Waals surface area contributed by atoms with Crippen molar-refractivity contribution in [2.45, 2.75) is 13.1 Å². The average Bonchev–Trinajstić information content (AvgIpc) is 3.33. The van der Waals surface area contributed by atoms with Gasteiger partial charge in [0, 0.05) is 23.9 Å². The Kier molecular flexibility index (Phi) is 7.96. The van der Waals surface area contributed by atoms with Gasteiger partial charge < -0.3 is 19.5 Å². The molecule has 0 atom stereocenters. The summed E-state index contributed by atoms with van der Waals surface area (Å²) in [7, 11) is 3.14. The second-order valence-corrected chi connectivity index (χ2v) is 8.23. The number of anilines is 1. The fourth-order valence-electron chi connectivity index (χ4n) is 3.64. The van der Waals surface area contributed by atoms with E-state index < -0.39 is 17.6 Å². The molecule has 0 saturated carbocycles. The van der Waals surface area contributed by atoms with E-state index in [1.165, 1.54) is 19.1 Å². The topological polar surface area (TPSA) is 87.5 Å². The molecule has 0 spiro atoms. The number of nitrogens with one attached hydrogen (secondary N) is 1. The van der Waals surface area contributed by atoms with Crippen LogP contribution in [0.3, 0.4) is 0 Å². The summed E-state index contributed by atoms with van der Waals surface area (Å²) in [6, 6.07) is 17.6. The predicted molar refractivity (Wildman–Crippen MR) is 135 cm³/mol. The Morgan fingerprint density at radius 3 is 2.32 bits per heavy atom. The molecule has 0 aliphatic rings. The molecule has 0 saturated heterocycles. The lowest BCUT2D eigenvalue weighted by molar-refractivity contribution is -0.138. The number of aryl methyl sites for hydroxylation is 1. The Morgan fingerprint density at radius 2 is 1.68 bits per heavy atom. The number of carbonyl (C=O) groups is 1. The molecule has 0 unspecified atom stereocenters. The smallest absolute Gasteiger partial charge is 0.416 e. The van der Waals surface area contributed by atoms with Crippen LogP contribution in [-0.2, 0) is 10.9 Å². The number of carbonyl (C=O) groups excluding carboxylic acids is 1. The predicted octanol–water partition coefficient (Wildman–Crippen LogP) is 5.55. The van der Waals surface area contributed by atoms with Crippen LogP contribution in [0.25, 0.3) is 17.1 Å². The van der Waals surface area contributed by atoms with Gasteiger partial charge in [-0.25, -0.2) is 4.68 Å². The van der Waals surface area contributed by atoms with Crippen LogP contribution in [0.4, 0.5) is 18.9 Å². The first kappa shape index (κ1) is 26.7. The van der Waals surface area contributed by atoms with E-state index in [1.807, 2.05) is 12.1 Å². The van der Waals surface area contributed by atoms with Gasteiger partial charge >= 0.3 is 12.2 Å².